The van der Waals surface area contributed by atoms with E-state index in [-0.39, 0.29) is 30.1 Å². The molecule has 0 unspecified atom stereocenters. The van der Waals surface area contributed by atoms with E-state index < -0.39 is 23.3 Å². The van der Waals surface area contributed by atoms with Gasteiger partial charge in [0, 0.05) is 0 Å². The third-order valence-electron chi connectivity index (χ3n) is 4.79. The topological polar surface area (TPSA) is 52.6 Å². The van der Waals surface area contributed by atoms with Crippen LogP contribution in [0.2, 0.25) is 3.43 Å². The zero-order valence-electron chi connectivity index (χ0n) is 12.4. The summed E-state index contributed by atoms with van der Waals surface area (Å²) < 4.78 is 11.6. The number of ether oxygens (including phenoxy) is 2. The fourth-order valence-electron chi connectivity index (χ4n) is 3.85. The van der Waals surface area contributed by atoms with E-state index in [1.165, 1.54) is 6.92 Å². The first-order chi connectivity index (χ1) is 10.6. The zero-order valence-corrected chi connectivity index (χ0v) is 18.7. The minimum absolute atomic E-state index is 0.116. The Kier molecular flexibility index (Phi) is 5.08. The van der Waals surface area contributed by atoms with E-state index >= 15 is 0 Å². The summed E-state index contributed by atoms with van der Waals surface area (Å²) in [6.45, 7) is 1.43. The van der Waals surface area contributed by atoms with Crippen molar-refractivity contribution in [2.45, 2.75) is 35.4 Å². The molecular weight excluding hydrogens is 492 g/mol. The summed E-state index contributed by atoms with van der Waals surface area (Å²) in [5.41, 5.74) is 0.559. The van der Waals surface area contributed by atoms with Crippen molar-refractivity contribution in [2.75, 3.05) is 0 Å². The molecule has 0 aromatic heterocycles. The Labute approximate surface area is 145 Å². The summed E-state index contributed by atoms with van der Waals surface area (Å²) in [4.78, 5) is 23.6. The normalized spacial score (nSPS) is 32.4. The maximum absolute atomic E-state index is 12.2. The zero-order chi connectivity index (χ0) is 15.7. The summed E-state index contributed by atoms with van der Waals surface area (Å²) in [7, 11) is 6.25. The predicted molar refractivity (Wildman–Crippen MR) is 77.0 cm³/mol. The van der Waals surface area contributed by atoms with Gasteiger partial charge in [0.25, 0.3) is 0 Å². The molecule has 3 rings (SSSR count). The van der Waals surface area contributed by atoms with E-state index in [2.05, 4.69) is 0 Å². The molecule has 0 saturated heterocycles. The molecule has 2 fully saturated rings. The van der Waals surface area contributed by atoms with Crippen molar-refractivity contribution in [3.63, 3.8) is 0 Å². The van der Waals surface area contributed by atoms with Gasteiger partial charge in [0.2, 0.25) is 0 Å². The Morgan fingerprint density at radius 2 is 1.91 bits per heavy atom. The molecular formula is C16H17ClHgO4. The molecule has 1 aromatic carbocycles. The predicted octanol–water partition coefficient (Wildman–Crippen LogP) is 3.21. The first kappa shape index (κ1) is 16.3. The van der Waals surface area contributed by atoms with Crippen molar-refractivity contribution in [1.29, 1.82) is 0 Å². The molecule has 6 heteroatoms. The third kappa shape index (κ3) is 3.18. The van der Waals surface area contributed by atoms with Gasteiger partial charge in [-0.2, -0.15) is 0 Å². The van der Waals surface area contributed by atoms with Crippen LogP contribution in [0.4, 0.5) is 0 Å². The molecule has 2 aliphatic carbocycles. The summed E-state index contributed by atoms with van der Waals surface area (Å²) in [6, 6.07) is 8.99. The number of carbonyl (C=O) groups is 2. The molecule has 0 N–H and O–H groups in total. The molecule has 2 saturated carbocycles. The number of carbonyl (C=O) groups excluding carboxylic acids is 2. The second-order valence-electron chi connectivity index (χ2n) is 6.10. The van der Waals surface area contributed by atoms with Crippen molar-refractivity contribution in [3.05, 3.63) is 35.9 Å². The molecule has 0 heterocycles. The van der Waals surface area contributed by atoms with Crippen LogP contribution in [0.25, 0.3) is 0 Å². The molecule has 0 amide bonds. The molecule has 0 radical (unpaired) electrons. The Morgan fingerprint density at radius 1 is 1.18 bits per heavy atom. The third-order valence-corrected chi connectivity index (χ3v) is 13.7. The average molecular weight is 509 g/mol. The van der Waals surface area contributed by atoms with E-state index in [1.54, 1.807) is 12.1 Å². The molecule has 0 spiro atoms. The number of hydrogen-bond donors (Lipinski definition) is 0. The molecule has 2 aliphatic rings. The van der Waals surface area contributed by atoms with Gasteiger partial charge in [0.15, 0.2) is 0 Å². The van der Waals surface area contributed by atoms with Gasteiger partial charge in [0.05, 0.1) is 0 Å². The fourth-order valence-corrected chi connectivity index (χ4v) is 12.5. The van der Waals surface area contributed by atoms with Crippen LogP contribution in [-0.4, -0.2) is 24.1 Å². The number of hydrogen-bond acceptors (Lipinski definition) is 4. The Bertz CT molecular complexity index is 565. The second kappa shape index (κ2) is 6.87. The molecule has 114 valence electrons. The summed E-state index contributed by atoms with van der Waals surface area (Å²) in [5.74, 6) is 0.00773. The fraction of sp³-hybridized carbons (Fsp3) is 0.500. The molecule has 1 aromatic rings. The van der Waals surface area contributed by atoms with Gasteiger partial charge < -0.3 is 0 Å². The minimum atomic E-state index is -1.52. The van der Waals surface area contributed by atoms with E-state index in [0.717, 1.165) is 12.8 Å². The Balaban J connectivity index is 1.69. The Hall–Kier alpha value is -0.615. The van der Waals surface area contributed by atoms with E-state index in [4.69, 9.17) is 17.7 Å². The van der Waals surface area contributed by atoms with Gasteiger partial charge in [0.1, 0.15) is 0 Å². The SMILES string of the molecule is CC(=O)O[C@@H]1[C@@H]2C[C@@H](C[C@H]2OC(=O)c2ccccc2)[C@@H]1[Hg][Cl]. The van der Waals surface area contributed by atoms with Crippen LogP contribution in [0.15, 0.2) is 30.3 Å². The number of halogens is 1. The molecule has 22 heavy (non-hydrogen) atoms. The summed E-state index contributed by atoms with van der Waals surface area (Å²) >= 11 is -1.52. The Morgan fingerprint density at radius 3 is 2.55 bits per heavy atom. The maximum atomic E-state index is 12.2. The molecule has 0 aliphatic heterocycles. The molecule has 4 nitrogen and oxygen atoms in total. The van der Waals surface area contributed by atoms with Gasteiger partial charge >= 0.3 is 146 Å². The van der Waals surface area contributed by atoms with Crippen LogP contribution in [0.3, 0.4) is 0 Å². The van der Waals surface area contributed by atoms with Crippen LogP contribution in [0, 0.1) is 11.8 Å². The number of rotatable bonds is 4. The van der Waals surface area contributed by atoms with Crippen LogP contribution in [0.5, 0.6) is 0 Å². The molecule has 2 bridgehead atoms. The number of esters is 2. The van der Waals surface area contributed by atoms with Crippen molar-refractivity contribution in [1.82, 2.24) is 0 Å². The van der Waals surface area contributed by atoms with Crippen LogP contribution in [0.1, 0.15) is 30.1 Å². The first-order valence-corrected chi connectivity index (χ1v) is 17.5. The van der Waals surface area contributed by atoms with Crippen molar-refractivity contribution in [2.24, 2.45) is 11.8 Å². The summed E-state index contributed by atoms with van der Waals surface area (Å²) in [6.07, 6.45) is 1.53. The average Bonchev–Trinajstić information content (AvgIpc) is 3.05. The van der Waals surface area contributed by atoms with Gasteiger partial charge in [-0.25, -0.2) is 0 Å². The van der Waals surface area contributed by atoms with Crippen molar-refractivity contribution < 1.29 is 42.4 Å². The van der Waals surface area contributed by atoms with Crippen LogP contribution < -0.4 is 0 Å². The first-order valence-electron chi connectivity index (χ1n) is 7.59. The quantitative estimate of drug-likeness (QED) is 0.463. The van der Waals surface area contributed by atoms with Gasteiger partial charge in [-0.05, 0) is 0 Å². The van der Waals surface area contributed by atoms with E-state index in [1.807, 2.05) is 18.2 Å². The molecule has 5 atom stereocenters. The van der Waals surface area contributed by atoms with Gasteiger partial charge in [-0.15, -0.1) is 0 Å². The van der Waals surface area contributed by atoms with Crippen LogP contribution >= 0.6 is 8.25 Å². The second-order valence-corrected chi connectivity index (χ2v) is 13.7. The van der Waals surface area contributed by atoms with Gasteiger partial charge in [-0.1, -0.05) is 0 Å². The standard InChI is InChI=1S/C16H17O4.ClH.Hg/c1-10(17)19-14-8-11-7-13(14)15(9-11)20-16(18)12-5-3-2-4-6-12;;/h2-6,8,11,13-15H,7,9H2,1H3;1H;/q;;+1/p-1/t11-,13+,14+,15-;;/m1../s1. The van der Waals surface area contributed by atoms with E-state index in [0.29, 0.717) is 14.9 Å². The van der Waals surface area contributed by atoms with Gasteiger partial charge in [-0.3, -0.25) is 0 Å². The van der Waals surface area contributed by atoms with Crippen LogP contribution in [-0.2, 0) is 37.6 Å². The van der Waals surface area contributed by atoms with Crippen molar-refractivity contribution in [3.8, 4) is 0 Å². The number of fused-ring (bicyclic) bond motifs is 2. The van der Waals surface area contributed by atoms with Crippen molar-refractivity contribution >= 4 is 20.2 Å². The number of benzene rings is 1. The van der Waals surface area contributed by atoms with E-state index in [9.17, 15) is 9.59 Å². The summed E-state index contributed by atoms with van der Waals surface area (Å²) in [5, 5.41) is 0. The monoisotopic (exact) mass is 510 g/mol.